The average molecular weight is 236 g/mol. The summed E-state index contributed by atoms with van der Waals surface area (Å²) in [4.78, 5) is 0. The second kappa shape index (κ2) is 5.56. The minimum Gasteiger partial charge on any atom is -0.389 e. The van der Waals surface area contributed by atoms with Gasteiger partial charge in [-0.05, 0) is 68.3 Å². The van der Waals surface area contributed by atoms with Gasteiger partial charge in [-0.2, -0.15) is 0 Å². The molecule has 0 bridgehead atoms. The van der Waals surface area contributed by atoms with E-state index in [4.69, 9.17) is 0 Å². The van der Waals surface area contributed by atoms with Gasteiger partial charge in [0.2, 0.25) is 0 Å². The minimum atomic E-state index is -0.0971. The molecule has 2 aliphatic rings. The van der Waals surface area contributed by atoms with E-state index < -0.39 is 0 Å². The van der Waals surface area contributed by atoms with Gasteiger partial charge in [0.1, 0.15) is 0 Å². The van der Waals surface area contributed by atoms with Crippen molar-refractivity contribution in [2.24, 2.45) is 17.8 Å². The first-order valence-electron chi connectivity index (χ1n) is 7.46. The van der Waals surface area contributed by atoms with Crippen LogP contribution >= 0.6 is 0 Å². The average Bonchev–Trinajstić information content (AvgIpc) is 2.28. The summed E-state index contributed by atoms with van der Waals surface area (Å²) in [5.41, 5.74) is 3.04. The third kappa shape index (κ3) is 3.13. The molecule has 0 aliphatic heterocycles. The van der Waals surface area contributed by atoms with Gasteiger partial charge in [0, 0.05) is 0 Å². The zero-order chi connectivity index (χ0) is 12.4. The molecule has 1 nitrogen and oxygen atoms in total. The summed E-state index contributed by atoms with van der Waals surface area (Å²) < 4.78 is 0. The van der Waals surface area contributed by atoms with Crippen LogP contribution in [0.2, 0.25) is 0 Å². The standard InChI is InChI=1S/C16H28O/c1-11(2)9-12(3)13-7-8-15-14(10-13)5-4-6-16(15)17/h11-13,16-17H,4-10H2,1-3H3/t12?,13-,16+/m1/s1. The summed E-state index contributed by atoms with van der Waals surface area (Å²) in [6, 6.07) is 0. The van der Waals surface area contributed by atoms with E-state index in [-0.39, 0.29) is 6.10 Å². The van der Waals surface area contributed by atoms with Crippen molar-refractivity contribution in [1.82, 2.24) is 0 Å². The van der Waals surface area contributed by atoms with E-state index in [9.17, 15) is 5.11 Å². The van der Waals surface area contributed by atoms with Crippen molar-refractivity contribution < 1.29 is 5.11 Å². The molecule has 0 spiro atoms. The fourth-order valence-electron chi connectivity index (χ4n) is 3.84. The summed E-state index contributed by atoms with van der Waals surface area (Å²) in [5.74, 6) is 2.54. The Kier molecular flexibility index (Phi) is 4.30. The van der Waals surface area contributed by atoms with Crippen LogP contribution in [0, 0.1) is 17.8 Å². The third-order valence-corrected chi connectivity index (χ3v) is 4.75. The highest BCUT2D eigenvalue weighted by atomic mass is 16.3. The van der Waals surface area contributed by atoms with Crippen molar-refractivity contribution in [2.45, 2.75) is 71.8 Å². The second-order valence-corrected chi connectivity index (χ2v) is 6.65. The van der Waals surface area contributed by atoms with Gasteiger partial charge in [-0.1, -0.05) is 26.3 Å². The molecule has 17 heavy (non-hydrogen) atoms. The molecular weight excluding hydrogens is 208 g/mol. The smallest absolute Gasteiger partial charge is 0.0752 e. The molecule has 0 aromatic rings. The Bertz CT molecular complexity index is 290. The quantitative estimate of drug-likeness (QED) is 0.724. The van der Waals surface area contributed by atoms with Crippen LogP contribution in [0.5, 0.6) is 0 Å². The molecule has 0 aromatic carbocycles. The van der Waals surface area contributed by atoms with Crippen molar-refractivity contribution in [2.75, 3.05) is 0 Å². The predicted molar refractivity (Wildman–Crippen MR) is 72.8 cm³/mol. The predicted octanol–water partition coefficient (Wildman–Crippen LogP) is 4.31. The normalized spacial score (nSPS) is 31.6. The van der Waals surface area contributed by atoms with E-state index in [2.05, 4.69) is 20.8 Å². The van der Waals surface area contributed by atoms with Crippen LogP contribution in [0.1, 0.15) is 65.7 Å². The highest BCUT2D eigenvalue weighted by Gasteiger charge is 2.30. The molecule has 2 rings (SSSR count). The van der Waals surface area contributed by atoms with E-state index in [1.165, 1.54) is 44.1 Å². The molecule has 0 radical (unpaired) electrons. The number of aliphatic hydroxyl groups is 1. The fourth-order valence-corrected chi connectivity index (χ4v) is 3.84. The largest absolute Gasteiger partial charge is 0.389 e. The van der Waals surface area contributed by atoms with Gasteiger partial charge in [-0.15, -0.1) is 0 Å². The maximum atomic E-state index is 10.0. The highest BCUT2D eigenvalue weighted by Crippen LogP contribution is 2.41. The Morgan fingerprint density at radius 1 is 1.18 bits per heavy atom. The molecule has 0 aromatic heterocycles. The van der Waals surface area contributed by atoms with Gasteiger partial charge in [0.25, 0.3) is 0 Å². The minimum absolute atomic E-state index is 0.0971. The Balaban J connectivity index is 1.98. The maximum Gasteiger partial charge on any atom is 0.0752 e. The molecule has 1 heteroatoms. The van der Waals surface area contributed by atoms with E-state index in [1.807, 2.05) is 0 Å². The summed E-state index contributed by atoms with van der Waals surface area (Å²) in [7, 11) is 0. The van der Waals surface area contributed by atoms with Crippen molar-refractivity contribution in [1.29, 1.82) is 0 Å². The fraction of sp³-hybridized carbons (Fsp3) is 0.875. The van der Waals surface area contributed by atoms with Crippen molar-refractivity contribution in [3.63, 3.8) is 0 Å². The Labute approximate surface area is 106 Å². The van der Waals surface area contributed by atoms with Crippen LogP contribution in [0.25, 0.3) is 0 Å². The third-order valence-electron chi connectivity index (χ3n) is 4.75. The van der Waals surface area contributed by atoms with Gasteiger partial charge in [-0.3, -0.25) is 0 Å². The first-order chi connectivity index (χ1) is 8.08. The lowest BCUT2D eigenvalue weighted by Gasteiger charge is -2.36. The molecule has 3 atom stereocenters. The molecule has 0 amide bonds. The van der Waals surface area contributed by atoms with Gasteiger partial charge in [0.15, 0.2) is 0 Å². The lowest BCUT2D eigenvalue weighted by atomic mass is 9.71. The van der Waals surface area contributed by atoms with Gasteiger partial charge in [-0.25, -0.2) is 0 Å². The monoisotopic (exact) mass is 236 g/mol. The molecule has 0 fully saturated rings. The summed E-state index contributed by atoms with van der Waals surface area (Å²) in [5, 5.41) is 10.0. The van der Waals surface area contributed by atoms with Crippen LogP contribution in [-0.4, -0.2) is 11.2 Å². The molecule has 0 heterocycles. The Morgan fingerprint density at radius 3 is 2.65 bits per heavy atom. The Morgan fingerprint density at radius 2 is 1.94 bits per heavy atom. The van der Waals surface area contributed by atoms with Crippen LogP contribution in [0.3, 0.4) is 0 Å². The van der Waals surface area contributed by atoms with E-state index in [1.54, 1.807) is 5.57 Å². The van der Waals surface area contributed by atoms with Crippen LogP contribution in [0.15, 0.2) is 11.1 Å². The molecule has 2 aliphatic carbocycles. The molecule has 1 N–H and O–H groups in total. The number of allylic oxidation sites excluding steroid dienone is 1. The van der Waals surface area contributed by atoms with Gasteiger partial charge < -0.3 is 5.11 Å². The maximum absolute atomic E-state index is 10.0. The number of hydrogen-bond donors (Lipinski definition) is 1. The second-order valence-electron chi connectivity index (χ2n) is 6.65. The van der Waals surface area contributed by atoms with Crippen molar-refractivity contribution in [3.05, 3.63) is 11.1 Å². The number of rotatable bonds is 3. The van der Waals surface area contributed by atoms with Crippen molar-refractivity contribution in [3.8, 4) is 0 Å². The molecule has 1 unspecified atom stereocenters. The Hall–Kier alpha value is -0.300. The lowest BCUT2D eigenvalue weighted by Crippen LogP contribution is -2.26. The van der Waals surface area contributed by atoms with E-state index in [0.717, 1.165) is 24.2 Å². The van der Waals surface area contributed by atoms with E-state index >= 15 is 0 Å². The first kappa shape index (κ1) is 13.1. The topological polar surface area (TPSA) is 20.2 Å². The SMILES string of the molecule is CC(C)CC(C)[C@@H]1CCC2=C(CCC[C@@H]2O)C1. The first-order valence-corrected chi connectivity index (χ1v) is 7.46. The summed E-state index contributed by atoms with van der Waals surface area (Å²) in [6.07, 6.45) is 8.48. The molecule has 0 saturated carbocycles. The van der Waals surface area contributed by atoms with Crippen LogP contribution < -0.4 is 0 Å². The highest BCUT2D eigenvalue weighted by molar-refractivity contribution is 5.24. The zero-order valence-electron chi connectivity index (χ0n) is 11.7. The van der Waals surface area contributed by atoms with Gasteiger partial charge >= 0.3 is 0 Å². The van der Waals surface area contributed by atoms with E-state index in [0.29, 0.717) is 0 Å². The summed E-state index contributed by atoms with van der Waals surface area (Å²) >= 11 is 0. The number of aliphatic hydroxyl groups excluding tert-OH is 1. The molecule has 0 saturated heterocycles. The van der Waals surface area contributed by atoms with Crippen LogP contribution in [0.4, 0.5) is 0 Å². The van der Waals surface area contributed by atoms with Gasteiger partial charge in [0.05, 0.1) is 6.10 Å². The number of hydrogen-bond acceptors (Lipinski definition) is 1. The molecule has 98 valence electrons. The lowest BCUT2D eigenvalue weighted by molar-refractivity contribution is 0.168. The molecular formula is C16H28O. The van der Waals surface area contributed by atoms with Crippen LogP contribution in [-0.2, 0) is 0 Å². The summed E-state index contributed by atoms with van der Waals surface area (Å²) in [6.45, 7) is 7.08. The zero-order valence-corrected chi connectivity index (χ0v) is 11.7. The van der Waals surface area contributed by atoms with Crippen molar-refractivity contribution >= 4 is 0 Å².